The number of aromatic carboxylic acids is 1. The van der Waals surface area contributed by atoms with Crippen molar-refractivity contribution in [3.8, 4) is 17.6 Å². The highest BCUT2D eigenvalue weighted by atomic mass is 19.3. The summed E-state index contributed by atoms with van der Waals surface area (Å²) in [6.07, 6.45) is 4.20. The first-order valence-electron chi connectivity index (χ1n) is 5.66. The maximum atomic E-state index is 12.4. The van der Waals surface area contributed by atoms with E-state index in [1.807, 2.05) is 0 Å². The van der Waals surface area contributed by atoms with Gasteiger partial charge in [0.1, 0.15) is 11.9 Å². The van der Waals surface area contributed by atoms with E-state index in [1.54, 1.807) is 0 Å². The van der Waals surface area contributed by atoms with Crippen molar-refractivity contribution in [3.05, 3.63) is 53.6 Å². The molecule has 0 aliphatic carbocycles. The van der Waals surface area contributed by atoms with Crippen LogP contribution in [0.4, 0.5) is 8.78 Å². The summed E-state index contributed by atoms with van der Waals surface area (Å²) >= 11 is 0. The third-order valence-corrected chi connectivity index (χ3v) is 2.35. The van der Waals surface area contributed by atoms with E-state index in [2.05, 4.69) is 26.5 Å². The number of hydrogen-bond acceptors (Lipinski definition) is 4. The maximum absolute atomic E-state index is 12.4. The maximum Gasteiger partial charge on any atom is 0.387 e. The van der Waals surface area contributed by atoms with E-state index in [-0.39, 0.29) is 11.1 Å². The molecule has 0 aliphatic heterocycles. The van der Waals surface area contributed by atoms with Crippen LogP contribution in [0, 0.1) is 11.8 Å². The smallest absolute Gasteiger partial charge is 0.387 e. The second-order valence-corrected chi connectivity index (χ2v) is 3.74. The van der Waals surface area contributed by atoms with Crippen molar-refractivity contribution in [1.82, 2.24) is 9.97 Å². The summed E-state index contributed by atoms with van der Waals surface area (Å²) in [4.78, 5) is 18.5. The molecule has 106 valence electrons. The second-order valence-electron chi connectivity index (χ2n) is 3.74. The van der Waals surface area contributed by atoms with Crippen LogP contribution < -0.4 is 4.74 Å². The zero-order valence-corrected chi connectivity index (χ0v) is 10.5. The Labute approximate surface area is 118 Å². The fourth-order valence-electron chi connectivity index (χ4n) is 1.52. The number of ether oxygens (including phenoxy) is 1. The zero-order chi connectivity index (χ0) is 15.2. The van der Waals surface area contributed by atoms with Crippen molar-refractivity contribution >= 4 is 5.97 Å². The fraction of sp³-hybridized carbons (Fsp3) is 0.0714. The van der Waals surface area contributed by atoms with Gasteiger partial charge in [0.15, 0.2) is 5.75 Å². The fourth-order valence-corrected chi connectivity index (χ4v) is 1.52. The molecule has 2 rings (SSSR count). The first-order chi connectivity index (χ1) is 10.1. The van der Waals surface area contributed by atoms with Crippen LogP contribution in [0.1, 0.15) is 21.5 Å². The van der Waals surface area contributed by atoms with E-state index in [0.717, 1.165) is 6.07 Å². The molecule has 0 saturated heterocycles. The summed E-state index contributed by atoms with van der Waals surface area (Å²) in [5.74, 6) is 3.38. The lowest BCUT2D eigenvalue weighted by molar-refractivity contribution is -0.0505. The highest BCUT2D eigenvalue weighted by Gasteiger charge is 2.18. The Balaban J connectivity index is 2.46. The molecule has 1 aromatic heterocycles. The van der Waals surface area contributed by atoms with Crippen LogP contribution in [0.15, 0.2) is 36.9 Å². The van der Waals surface area contributed by atoms with E-state index >= 15 is 0 Å². The number of para-hydroxylation sites is 1. The average molecular weight is 290 g/mol. The van der Waals surface area contributed by atoms with Crippen LogP contribution in [-0.4, -0.2) is 27.7 Å². The summed E-state index contributed by atoms with van der Waals surface area (Å²) in [5.41, 5.74) is 0.117. The molecule has 0 spiro atoms. The molecule has 0 unspecified atom stereocenters. The van der Waals surface area contributed by atoms with Crippen LogP contribution in [0.25, 0.3) is 0 Å². The first kappa shape index (κ1) is 14.4. The number of hydrogen-bond donors (Lipinski definition) is 1. The van der Waals surface area contributed by atoms with Gasteiger partial charge in [-0.25, -0.2) is 14.8 Å². The van der Waals surface area contributed by atoms with Gasteiger partial charge in [0.05, 0.1) is 11.1 Å². The van der Waals surface area contributed by atoms with E-state index in [4.69, 9.17) is 5.11 Å². The van der Waals surface area contributed by atoms with Gasteiger partial charge in [-0.2, -0.15) is 8.78 Å². The van der Waals surface area contributed by atoms with Crippen LogP contribution in [0.2, 0.25) is 0 Å². The lowest BCUT2D eigenvalue weighted by Crippen LogP contribution is -2.09. The summed E-state index contributed by atoms with van der Waals surface area (Å²) in [6, 6.07) is 3.95. The van der Waals surface area contributed by atoms with Crippen LogP contribution >= 0.6 is 0 Å². The predicted octanol–water partition coefficient (Wildman–Crippen LogP) is 2.18. The van der Waals surface area contributed by atoms with Gasteiger partial charge in [-0.1, -0.05) is 17.9 Å². The first-order valence-corrected chi connectivity index (χ1v) is 5.66. The molecule has 1 heterocycles. The Kier molecular flexibility index (Phi) is 4.41. The Bertz CT molecular complexity index is 709. The molecule has 0 radical (unpaired) electrons. The number of alkyl halides is 2. The SMILES string of the molecule is O=C(O)c1cccc(C#Cc2cncnc2)c1OC(F)F. The third kappa shape index (κ3) is 3.73. The highest BCUT2D eigenvalue weighted by molar-refractivity contribution is 5.92. The number of rotatable bonds is 3. The molecule has 1 N–H and O–H groups in total. The van der Waals surface area contributed by atoms with Gasteiger partial charge in [0.2, 0.25) is 0 Å². The largest absolute Gasteiger partial charge is 0.478 e. The van der Waals surface area contributed by atoms with E-state index in [0.29, 0.717) is 5.56 Å². The molecule has 0 aliphatic rings. The summed E-state index contributed by atoms with van der Waals surface area (Å²) in [7, 11) is 0. The molecule has 0 amide bonds. The molecule has 5 nitrogen and oxygen atoms in total. The minimum absolute atomic E-state index is 0.0408. The normalized spacial score (nSPS) is 9.86. The average Bonchev–Trinajstić information content (AvgIpc) is 2.46. The molecular formula is C14H8F2N2O3. The van der Waals surface area contributed by atoms with Gasteiger partial charge < -0.3 is 9.84 Å². The zero-order valence-electron chi connectivity index (χ0n) is 10.5. The quantitative estimate of drug-likeness (QED) is 0.877. The van der Waals surface area contributed by atoms with E-state index < -0.39 is 18.3 Å². The van der Waals surface area contributed by atoms with Gasteiger partial charge >= 0.3 is 12.6 Å². The molecular weight excluding hydrogens is 282 g/mol. The number of aromatic nitrogens is 2. The van der Waals surface area contributed by atoms with Gasteiger partial charge in [-0.3, -0.25) is 0 Å². The number of carbonyl (C=O) groups is 1. The lowest BCUT2D eigenvalue weighted by Gasteiger charge is -2.09. The van der Waals surface area contributed by atoms with Gasteiger partial charge in [0.25, 0.3) is 0 Å². The monoisotopic (exact) mass is 290 g/mol. The van der Waals surface area contributed by atoms with E-state index in [1.165, 1.54) is 30.9 Å². The van der Waals surface area contributed by atoms with Gasteiger partial charge in [-0.15, -0.1) is 0 Å². The molecule has 7 heteroatoms. The minimum atomic E-state index is -3.15. The highest BCUT2D eigenvalue weighted by Crippen LogP contribution is 2.25. The van der Waals surface area contributed by atoms with Crippen molar-refractivity contribution in [1.29, 1.82) is 0 Å². The number of carboxylic acid groups (broad SMARTS) is 1. The molecule has 1 aromatic carbocycles. The van der Waals surface area contributed by atoms with Crippen LogP contribution in [0.5, 0.6) is 5.75 Å². The second kappa shape index (κ2) is 6.43. The Morgan fingerprint density at radius 1 is 1.24 bits per heavy atom. The molecule has 0 bridgehead atoms. The molecule has 0 atom stereocenters. The number of carboxylic acids is 1. The van der Waals surface area contributed by atoms with Gasteiger partial charge in [-0.05, 0) is 12.1 Å². The predicted molar refractivity (Wildman–Crippen MR) is 68.0 cm³/mol. The Hall–Kier alpha value is -3.01. The van der Waals surface area contributed by atoms with E-state index in [9.17, 15) is 13.6 Å². The molecule has 21 heavy (non-hydrogen) atoms. The van der Waals surface area contributed by atoms with Crippen molar-refractivity contribution in [2.75, 3.05) is 0 Å². The van der Waals surface area contributed by atoms with Crippen molar-refractivity contribution in [2.24, 2.45) is 0 Å². The summed E-state index contributed by atoms with van der Waals surface area (Å²) in [6.45, 7) is -3.15. The van der Waals surface area contributed by atoms with Crippen molar-refractivity contribution in [2.45, 2.75) is 6.61 Å². The number of halogens is 2. The number of benzene rings is 1. The molecule has 2 aromatic rings. The number of nitrogens with zero attached hydrogens (tertiary/aromatic N) is 2. The third-order valence-electron chi connectivity index (χ3n) is 2.35. The summed E-state index contributed by atoms with van der Waals surface area (Å²) in [5, 5.41) is 9.00. The van der Waals surface area contributed by atoms with Crippen LogP contribution in [0.3, 0.4) is 0 Å². The minimum Gasteiger partial charge on any atom is -0.478 e. The van der Waals surface area contributed by atoms with Crippen molar-refractivity contribution < 1.29 is 23.4 Å². The Morgan fingerprint density at radius 3 is 2.57 bits per heavy atom. The van der Waals surface area contributed by atoms with Gasteiger partial charge in [0, 0.05) is 12.4 Å². The molecule has 0 fully saturated rings. The molecule has 0 saturated carbocycles. The standard InChI is InChI=1S/C14H8F2N2O3/c15-14(16)21-12-10(2-1-3-11(12)13(19)20)5-4-9-6-17-8-18-7-9/h1-3,6-8,14H,(H,19,20). The van der Waals surface area contributed by atoms with Crippen molar-refractivity contribution in [3.63, 3.8) is 0 Å². The van der Waals surface area contributed by atoms with Crippen LogP contribution in [-0.2, 0) is 0 Å². The Morgan fingerprint density at radius 2 is 1.95 bits per heavy atom. The lowest BCUT2D eigenvalue weighted by atomic mass is 10.1. The summed E-state index contributed by atoms with van der Waals surface area (Å²) < 4.78 is 29.1. The topological polar surface area (TPSA) is 72.3 Å².